The zero-order valence-corrected chi connectivity index (χ0v) is 15.3. The van der Waals surface area contributed by atoms with Crippen LogP contribution < -0.4 is 5.32 Å². The van der Waals surface area contributed by atoms with Gasteiger partial charge in [0.05, 0.1) is 0 Å². The number of ether oxygens (including phenoxy) is 1. The molecule has 25 heavy (non-hydrogen) atoms. The second-order valence-electron chi connectivity index (χ2n) is 5.42. The Bertz CT molecular complexity index is 801. The summed E-state index contributed by atoms with van der Waals surface area (Å²) < 4.78 is 5.09. The monoisotopic (exact) mass is 377 g/mol. The van der Waals surface area contributed by atoms with Crippen molar-refractivity contribution in [3.8, 4) is 0 Å². The molecule has 0 radical (unpaired) electrons. The van der Waals surface area contributed by atoms with Gasteiger partial charge >= 0.3 is 5.97 Å². The molecular weight excluding hydrogens is 361 g/mol. The van der Waals surface area contributed by atoms with Crippen LogP contribution in [-0.4, -0.2) is 18.0 Å². The molecule has 0 heterocycles. The zero-order valence-electron chi connectivity index (χ0n) is 13.8. The largest absolute Gasteiger partial charge is 0.449 e. The highest BCUT2D eigenvalue weighted by Crippen LogP contribution is 2.20. The number of esters is 1. The third-order valence-corrected chi connectivity index (χ3v) is 4.04. The van der Waals surface area contributed by atoms with E-state index in [0.717, 1.165) is 11.1 Å². The number of rotatable bonds is 5. The Hall–Kier alpha value is -2.30. The molecule has 2 aromatic carbocycles. The highest BCUT2D eigenvalue weighted by Gasteiger charge is 2.16. The summed E-state index contributed by atoms with van der Waals surface area (Å²) >= 11 is 11.8. The number of aryl methyl sites for hydroxylation is 1. The Balaban J connectivity index is 1.90. The van der Waals surface area contributed by atoms with Crippen LogP contribution in [0.5, 0.6) is 0 Å². The van der Waals surface area contributed by atoms with Crippen LogP contribution in [0.25, 0.3) is 6.08 Å². The summed E-state index contributed by atoms with van der Waals surface area (Å²) in [6.07, 6.45) is 1.90. The first-order valence-corrected chi connectivity index (χ1v) is 8.32. The topological polar surface area (TPSA) is 55.4 Å². The number of anilines is 1. The molecule has 1 amide bonds. The summed E-state index contributed by atoms with van der Waals surface area (Å²) in [5.74, 6) is -1.05. The third-order valence-electron chi connectivity index (χ3n) is 3.38. The van der Waals surface area contributed by atoms with Crippen molar-refractivity contribution in [2.24, 2.45) is 0 Å². The molecule has 2 rings (SSSR count). The van der Waals surface area contributed by atoms with Crippen molar-refractivity contribution in [1.82, 2.24) is 0 Å². The minimum atomic E-state index is -0.942. The molecule has 2 aromatic rings. The van der Waals surface area contributed by atoms with Crippen molar-refractivity contribution in [3.63, 3.8) is 0 Å². The van der Waals surface area contributed by atoms with E-state index in [-0.39, 0.29) is 0 Å². The Morgan fingerprint density at radius 3 is 2.44 bits per heavy atom. The predicted octanol–water partition coefficient (Wildman–Crippen LogP) is 4.89. The summed E-state index contributed by atoms with van der Waals surface area (Å²) in [7, 11) is 0. The fourth-order valence-corrected chi connectivity index (χ4v) is 2.23. The fraction of sp³-hybridized carbons (Fsp3) is 0.158. The summed E-state index contributed by atoms with van der Waals surface area (Å²) in [6.45, 7) is 3.37. The molecular formula is C19H17Cl2NO3. The van der Waals surface area contributed by atoms with E-state index in [1.807, 2.05) is 6.92 Å². The molecule has 1 N–H and O–H groups in total. The summed E-state index contributed by atoms with van der Waals surface area (Å²) in [4.78, 5) is 23.9. The normalized spacial score (nSPS) is 12.0. The van der Waals surface area contributed by atoms with Crippen molar-refractivity contribution in [2.45, 2.75) is 20.0 Å². The second-order valence-corrected chi connectivity index (χ2v) is 6.26. The first kappa shape index (κ1) is 19.0. The van der Waals surface area contributed by atoms with Gasteiger partial charge in [-0.2, -0.15) is 0 Å². The summed E-state index contributed by atoms with van der Waals surface area (Å²) in [5, 5.41) is 3.82. The molecule has 0 aliphatic heterocycles. The average molecular weight is 378 g/mol. The Kier molecular flexibility index (Phi) is 6.62. The Labute approximate surface area is 156 Å². The maximum absolute atomic E-state index is 12.1. The van der Waals surface area contributed by atoms with E-state index in [0.29, 0.717) is 15.7 Å². The lowest BCUT2D eigenvalue weighted by atomic mass is 10.2. The SMILES string of the molecule is Cc1ccc(NC(=O)[C@@H](C)OC(=O)/C=C/c2ccc(Cl)cc2)cc1Cl. The van der Waals surface area contributed by atoms with Gasteiger partial charge in [-0.25, -0.2) is 4.79 Å². The van der Waals surface area contributed by atoms with Crippen molar-refractivity contribution < 1.29 is 14.3 Å². The molecule has 0 saturated heterocycles. The minimum absolute atomic E-state index is 0.437. The molecule has 0 fully saturated rings. The number of nitrogens with one attached hydrogen (secondary N) is 1. The van der Waals surface area contributed by atoms with Crippen molar-refractivity contribution in [2.75, 3.05) is 5.32 Å². The highest BCUT2D eigenvalue weighted by molar-refractivity contribution is 6.31. The molecule has 4 nitrogen and oxygen atoms in total. The van der Waals surface area contributed by atoms with Crippen LogP contribution in [0, 0.1) is 6.92 Å². The van der Waals surface area contributed by atoms with Gasteiger partial charge in [-0.3, -0.25) is 4.79 Å². The number of halogens is 2. The summed E-state index contributed by atoms with van der Waals surface area (Å²) in [6, 6.07) is 12.1. The predicted molar refractivity (Wildman–Crippen MR) is 101 cm³/mol. The molecule has 6 heteroatoms. The minimum Gasteiger partial charge on any atom is -0.449 e. The molecule has 0 spiro atoms. The highest BCUT2D eigenvalue weighted by atomic mass is 35.5. The van der Waals surface area contributed by atoms with E-state index in [9.17, 15) is 9.59 Å². The smallest absolute Gasteiger partial charge is 0.331 e. The molecule has 0 aliphatic rings. The molecule has 1 atom stereocenters. The van der Waals surface area contributed by atoms with Gasteiger partial charge in [-0.1, -0.05) is 41.4 Å². The van der Waals surface area contributed by atoms with E-state index in [1.165, 1.54) is 13.0 Å². The molecule has 0 aromatic heterocycles. The van der Waals surface area contributed by atoms with E-state index >= 15 is 0 Å². The van der Waals surface area contributed by atoms with E-state index in [4.69, 9.17) is 27.9 Å². The van der Waals surface area contributed by atoms with Crippen molar-refractivity contribution in [3.05, 3.63) is 69.7 Å². The van der Waals surface area contributed by atoms with Crippen molar-refractivity contribution >= 4 is 46.8 Å². The summed E-state index contributed by atoms with van der Waals surface area (Å²) in [5.41, 5.74) is 2.25. The second kappa shape index (κ2) is 8.70. The standard InChI is InChI=1S/C19H17Cl2NO3/c1-12-3-9-16(11-17(12)21)22-19(24)13(2)25-18(23)10-6-14-4-7-15(20)8-5-14/h3-11,13H,1-2H3,(H,22,24)/b10-6+/t13-/m1/s1. The third kappa shape index (κ3) is 5.93. The van der Waals surface area contributed by atoms with E-state index in [1.54, 1.807) is 48.5 Å². The van der Waals surface area contributed by atoms with Crippen LogP contribution in [0.1, 0.15) is 18.1 Å². The van der Waals surface area contributed by atoms with Gasteiger partial charge in [0, 0.05) is 21.8 Å². The maximum atomic E-state index is 12.1. The fourth-order valence-electron chi connectivity index (χ4n) is 1.92. The van der Waals surface area contributed by atoms with Crippen LogP contribution in [-0.2, 0) is 14.3 Å². The molecule has 0 bridgehead atoms. The van der Waals surface area contributed by atoms with Gasteiger partial charge in [0.25, 0.3) is 5.91 Å². The number of carbonyl (C=O) groups is 2. The number of benzene rings is 2. The van der Waals surface area contributed by atoms with Gasteiger partial charge in [0.2, 0.25) is 0 Å². The first-order chi connectivity index (χ1) is 11.8. The van der Waals surface area contributed by atoms with E-state index < -0.39 is 18.0 Å². The number of hydrogen-bond donors (Lipinski definition) is 1. The maximum Gasteiger partial charge on any atom is 0.331 e. The number of amides is 1. The van der Waals surface area contributed by atoms with Crippen LogP contribution >= 0.6 is 23.2 Å². The van der Waals surface area contributed by atoms with Crippen LogP contribution in [0.3, 0.4) is 0 Å². The van der Waals surface area contributed by atoms with Crippen LogP contribution in [0.2, 0.25) is 10.0 Å². The molecule has 130 valence electrons. The van der Waals surface area contributed by atoms with Gasteiger partial charge in [-0.15, -0.1) is 0 Å². The van der Waals surface area contributed by atoms with Crippen molar-refractivity contribution in [1.29, 1.82) is 0 Å². The van der Waals surface area contributed by atoms with Gasteiger partial charge in [0.1, 0.15) is 0 Å². The molecule has 0 unspecified atom stereocenters. The molecule has 0 saturated carbocycles. The van der Waals surface area contributed by atoms with Crippen LogP contribution in [0.15, 0.2) is 48.5 Å². The van der Waals surface area contributed by atoms with Crippen LogP contribution in [0.4, 0.5) is 5.69 Å². The average Bonchev–Trinajstić information content (AvgIpc) is 2.57. The lowest BCUT2D eigenvalue weighted by molar-refractivity contribution is -0.148. The van der Waals surface area contributed by atoms with Gasteiger partial charge < -0.3 is 10.1 Å². The quantitative estimate of drug-likeness (QED) is 0.596. The van der Waals surface area contributed by atoms with Gasteiger partial charge in [0.15, 0.2) is 6.10 Å². The Morgan fingerprint density at radius 2 is 1.80 bits per heavy atom. The zero-order chi connectivity index (χ0) is 18.4. The lowest BCUT2D eigenvalue weighted by Crippen LogP contribution is -2.29. The molecule has 0 aliphatic carbocycles. The van der Waals surface area contributed by atoms with E-state index in [2.05, 4.69) is 5.32 Å². The Morgan fingerprint density at radius 1 is 1.12 bits per heavy atom. The van der Waals surface area contributed by atoms with Gasteiger partial charge in [-0.05, 0) is 55.3 Å². The number of hydrogen-bond acceptors (Lipinski definition) is 3. The number of carbonyl (C=O) groups excluding carboxylic acids is 2. The first-order valence-electron chi connectivity index (χ1n) is 7.56. The lowest BCUT2D eigenvalue weighted by Gasteiger charge is -2.13.